The summed E-state index contributed by atoms with van der Waals surface area (Å²) in [5, 5.41) is 7.37. The van der Waals surface area contributed by atoms with Crippen LogP contribution in [0.1, 0.15) is 24.0 Å². The maximum absolute atomic E-state index is 13.4. The molecule has 5 rings (SSSR count). The van der Waals surface area contributed by atoms with E-state index < -0.39 is 30.2 Å². The third-order valence-electron chi connectivity index (χ3n) is 6.03. The first-order valence-electron chi connectivity index (χ1n) is 11.4. The zero-order valence-electron chi connectivity index (χ0n) is 19.4. The number of anilines is 2. The summed E-state index contributed by atoms with van der Waals surface area (Å²) in [5.41, 5.74) is 1.13. The van der Waals surface area contributed by atoms with Gasteiger partial charge in [-0.15, -0.1) is 0 Å². The van der Waals surface area contributed by atoms with Crippen LogP contribution in [-0.2, 0) is 17.8 Å². The predicted octanol–water partition coefficient (Wildman–Crippen LogP) is 5.63. The SMILES string of the molecule is O=C(Cc1cnc(Nc2ccc(Oc3ccon3)cc2)n(Cc2ccc(Cl)cc2)c1=O)C1CC(F)(F)C1. The minimum Gasteiger partial charge on any atom is -0.436 e. The van der Waals surface area contributed by atoms with E-state index in [1.165, 1.54) is 17.0 Å². The van der Waals surface area contributed by atoms with Crippen LogP contribution in [0.25, 0.3) is 0 Å². The largest absolute Gasteiger partial charge is 0.436 e. The number of Topliss-reactive ketones (excluding diaryl/α,β-unsaturated/α-hetero) is 1. The van der Waals surface area contributed by atoms with Crippen LogP contribution in [0.3, 0.4) is 0 Å². The van der Waals surface area contributed by atoms with Gasteiger partial charge in [0.2, 0.25) is 11.9 Å². The maximum atomic E-state index is 13.4. The number of ketones is 1. The number of carbonyl (C=O) groups excluding carboxylic acids is 1. The molecule has 37 heavy (non-hydrogen) atoms. The summed E-state index contributed by atoms with van der Waals surface area (Å²) in [6.07, 6.45) is 1.51. The van der Waals surface area contributed by atoms with Gasteiger partial charge in [-0.05, 0) is 47.1 Å². The first-order valence-corrected chi connectivity index (χ1v) is 11.8. The number of halogens is 3. The van der Waals surface area contributed by atoms with Gasteiger partial charge in [0.25, 0.3) is 11.4 Å². The van der Waals surface area contributed by atoms with Gasteiger partial charge in [-0.1, -0.05) is 23.7 Å². The summed E-state index contributed by atoms with van der Waals surface area (Å²) in [6.45, 7) is 0.155. The molecule has 8 nitrogen and oxygen atoms in total. The highest BCUT2D eigenvalue weighted by molar-refractivity contribution is 6.30. The molecule has 1 saturated carbocycles. The number of nitrogens with one attached hydrogen (secondary N) is 1. The van der Waals surface area contributed by atoms with Crippen molar-refractivity contribution in [2.45, 2.75) is 31.7 Å². The van der Waals surface area contributed by atoms with E-state index >= 15 is 0 Å². The molecule has 1 N–H and O–H groups in total. The Hall–Kier alpha value is -4.05. The summed E-state index contributed by atoms with van der Waals surface area (Å²) in [7, 11) is 0. The maximum Gasteiger partial charge on any atom is 0.259 e. The quantitative estimate of drug-likeness (QED) is 0.302. The zero-order valence-corrected chi connectivity index (χ0v) is 20.1. The monoisotopic (exact) mass is 526 g/mol. The van der Waals surface area contributed by atoms with Crippen molar-refractivity contribution in [3.63, 3.8) is 0 Å². The number of ether oxygens (including phenoxy) is 1. The van der Waals surface area contributed by atoms with Gasteiger partial charge in [-0.2, -0.15) is 0 Å². The Bertz CT molecular complexity index is 1450. The molecule has 2 aromatic carbocycles. The molecule has 1 aliphatic carbocycles. The Kier molecular flexibility index (Phi) is 6.75. The Morgan fingerprint density at radius 3 is 2.51 bits per heavy atom. The minimum absolute atomic E-state index is 0.149. The molecule has 2 heterocycles. The molecule has 2 aromatic heterocycles. The van der Waals surface area contributed by atoms with Gasteiger partial charge in [0.05, 0.1) is 6.54 Å². The fraction of sp³-hybridized carbons (Fsp3) is 0.231. The van der Waals surface area contributed by atoms with Gasteiger partial charge < -0.3 is 14.6 Å². The van der Waals surface area contributed by atoms with E-state index in [4.69, 9.17) is 20.9 Å². The van der Waals surface area contributed by atoms with Crippen LogP contribution in [-0.4, -0.2) is 26.4 Å². The molecule has 4 aromatic rings. The molecule has 190 valence electrons. The second-order valence-corrected chi connectivity index (χ2v) is 9.25. The van der Waals surface area contributed by atoms with Crippen molar-refractivity contribution in [2.75, 3.05) is 5.32 Å². The molecule has 0 radical (unpaired) electrons. The van der Waals surface area contributed by atoms with E-state index in [1.807, 2.05) is 0 Å². The molecule has 0 saturated heterocycles. The van der Waals surface area contributed by atoms with Gasteiger partial charge in [0.15, 0.2) is 0 Å². The van der Waals surface area contributed by atoms with Gasteiger partial charge in [-0.25, -0.2) is 13.8 Å². The highest BCUT2D eigenvalue weighted by atomic mass is 35.5. The lowest BCUT2D eigenvalue weighted by Crippen LogP contribution is -2.41. The number of aromatic nitrogens is 3. The first kappa shape index (κ1) is 24.6. The highest BCUT2D eigenvalue weighted by Gasteiger charge is 2.48. The Morgan fingerprint density at radius 2 is 1.86 bits per heavy atom. The van der Waals surface area contributed by atoms with Crippen molar-refractivity contribution in [1.82, 2.24) is 14.7 Å². The second kappa shape index (κ2) is 10.1. The van der Waals surface area contributed by atoms with Crippen LogP contribution < -0.4 is 15.6 Å². The number of carbonyl (C=O) groups is 1. The van der Waals surface area contributed by atoms with E-state index in [-0.39, 0.29) is 30.3 Å². The lowest BCUT2D eigenvalue weighted by molar-refractivity contribution is -0.147. The summed E-state index contributed by atoms with van der Waals surface area (Å²) < 4.78 is 38.1. The Labute approximate surface area is 214 Å². The van der Waals surface area contributed by atoms with Gasteiger partial charge in [0, 0.05) is 53.7 Å². The average Bonchev–Trinajstić information content (AvgIpc) is 3.37. The third-order valence-corrected chi connectivity index (χ3v) is 6.28. The predicted molar refractivity (Wildman–Crippen MR) is 132 cm³/mol. The molecule has 0 atom stereocenters. The van der Waals surface area contributed by atoms with E-state index in [2.05, 4.69) is 15.5 Å². The molecule has 1 aliphatic rings. The summed E-state index contributed by atoms with van der Waals surface area (Å²) in [5.74, 6) is -2.84. The molecule has 11 heteroatoms. The smallest absolute Gasteiger partial charge is 0.259 e. The molecule has 0 spiro atoms. The molecule has 0 unspecified atom stereocenters. The molecule has 0 amide bonds. The van der Waals surface area contributed by atoms with Crippen molar-refractivity contribution in [3.8, 4) is 11.6 Å². The van der Waals surface area contributed by atoms with Crippen molar-refractivity contribution in [2.24, 2.45) is 5.92 Å². The summed E-state index contributed by atoms with van der Waals surface area (Å²) >= 11 is 5.99. The normalized spacial score (nSPS) is 14.7. The molecule has 0 bridgehead atoms. The van der Waals surface area contributed by atoms with Crippen LogP contribution in [0.15, 0.2) is 76.4 Å². The average molecular weight is 527 g/mol. The van der Waals surface area contributed by atoms with Crippen LogP contribution in [0.4, 0.5) is 20.4 Å². The number of rotatable bonds is 9. The Morgan fingerprint density at radius 1 is 1.14 bits per heavy atom. The van der Waals surface area contributed by atoms with E-state index in [0.717, 1.165) is 5.56 Å². The number of hydrogen-bond acceptors (Lipinski definition) is 7. The summed E-state index contributed by atoms with van der Waals surface area (Å²) in [6, 6.07) is 15.4. The van der Waals surface area contributed by atoms with Gasteiger partial charge in [-0.3, -0.25) is 14.2 Å². The lowest BCUT2D eigenvalue weighted by Gasteiger charge is -2.33. The fourth-order valence-electron chi connectivity index (χ4n) is 4.00. The first-order chi connectivity index (χ1) is 17.8. The van der Waals surface area contributed by atoms with E-state index in [0.29, 0.717) is 22.3 Å². The Balaban J connectivity index is 1.39. The molecular weight excluding hydrogens is 506 g/mol. The molecule has 0 aliphatic heterocycles. The number of nitrogens with zero attached hydrogens (tertiary/aromatic N) is 3. The van der Waals surface area contributed by atoms with Crippen LogP contribution in [0, 0.1) is 5.92 Å². The second-order valence-electron chi connectivity index (χ2n) is 8.82. The molecular formula is C26H21ClF2N4O4. The number of alkyl halides is 2. The number of hydrogen-bond donors (Lipinski definition) is 1. The molecule has 1 fully saturated rings. The van der Waals surface area contributed by atoms with Crippen molar-refractivity contribution >= 4 is 29.0 Å². The van der Waals surface area contributed by atoms with Crippen molar-refractivity contribution in [3.05, 3.63) is 93.6 Å². The van der Waals surface area contributed by atoms with Crippen LogP contribution in [0.2, 0.25) is 5.02 Å². The fourth-order valence-corrected chi connectivity index (χ4v) is 4.13. The number of benzene rings is 2. The van der Waals surface area contributed by atoms with E-state index in [1.54, 1.807) is 54.6 Å². The van der Waals surface area contributed by atoms with Crippen LogP contribution in [0.5, 0.6) is 11.6 Å². The van der Waals surface area contributed by atoms with Crippen molar-refractivity contribution < 1.29 is 22.8 Å². The van der Waals surface area contributed by atoms with E-state index in [9.17, 15) is 18.4 Å². The summed E-state index contributed by atoms with van der Waals surface area (Å²) in [4.78, 5) is 30.3. The highest BCUT2D eigenvalue weighted by Crippen LogP contribution is 2.43. The van der Waals surface area contributed by atoms with Gasteiger partial charge >= 0.3 is 0 Å². The minimum atomic E-state index is -2.81. The lowest BCUT2D eigenvalue weighted by atomic mass is 9.77. The van der Waals surface area contributed by atoms with Gasteiger partial charge in [0.1, 0.15) is 17.8 Å². The van der Waals surface area contributed by atoms with Crippen molar-refractivity contribution in [1.29, 1.82) is 0 Å². The topological polar surface area (TPSA) is 99.2 Å². The third kappa shape index (κ3) is 5.86. The van der Waals surface area contributed by atoms with Crippen LogP contribution >= 0.6 is 11.6 Å². The zero-order chi connectivity index (χ0) is 26.0. The standard InChI is InChI=1S/C26H21ClF2N4O4/c27-19-3-1-16(2-4-19)15-33-24(35)17(11-22(34)18-12-26(28,29)13-18)14-30-25(33)31-20-5-7-21(8-6-20)37-23-9-10-36-32-23/h1-10,14,18H,11-13,15H2,(H,30,31).